The molecule has 1 N–H and O–H groups in total. The first-order chi connectivity index (χ1) is 8.82. The van der Waals surface area contributed by atoms with Crippen LogP contribution in [0.15, 0.2) is 24.4 Å². The zero-order chi connectivity index (χ0) is 14.2. The molecule has 0 aliphatic carbocycles. The van der Waals surface area contributed by atoms with Crippen molar-refractivity contribution in [3.8, 4) is 11.4 Å². The average Bonchev–Trinajstić information content (AvgIpc) is 2.72. The van der Waals surface area contributed by atoms with Gasteiger partial charge in [0.2, 0.25) is 0 Å². The minimum atomic E-state index is -4.64. The Hall–Kier alpha value is -1.89. The molecule has 0 spiro atoms. The fraction of sp³-hybridized carbons (Fsp3) is 0.250. The van der Waals surface area contributed by atoms with Gasteiger partial charge in [-0.25, -0.2) is 9.37 Å². The Balaban J connectivity index is 2.58. The highest BCUT2D eigenvalue weighted by atomic mass is 19.4. The number of rotatable bonds is 2. The van der Waals surface area contributed by atoms with Crippen LogP contribution in [0.25, 0.3) is 11.4 Å². The number of imidazole rings is 1. The van der Waals surface area contributed by atoms with Crippen LogP contribution < -0.4 is 0 Å². The number of aliphatic hydroxyl groups is 1. The Kier molecular flexibility index (Phi) is 3.32. The van der Waals surface area contributed by atoms with E-state index in [-0.39, 0.29) is 11.4 Å². The smallest absolute Gasteiger partial charge is 0.376 e. The highest BCUT2D eigenvalue weighted by Crippen LogP contribution is 2.31. The first-order valence-electron chi connectivity index (χ1n) is 5.34. The van der Waals surface area contributed by atoms with E-state index < -0.39 is 24.4 Å². The van der Waals surface area contributed by atoms with Gasteiger partial charge in [-0.2, -0.15) is 13.2 Å². The van der Waals surface area contributed by atoms with Crippen LogP contribution in [0.3, 0.4) is 0 Å². The number of hydrogen-bond acceptors (Lipinski definition) is 2. The summed E-state index contributed by atoms with van der Waals surface area (Å²) in [5, 5.41) is 9.04. The normalized spacial score (nSPS) is 11.9. The van der Waals surface area contributed by atoms with Crippen LogP contribution in [-0.2, 0) is 12.9 Å². The fourth-order valence-electron chi connectivity index (χ4n) is 1.68. The van der Waals surface area contributed by atoms with Gasteiger partial charge < -0.3 is 9.67 Å². The van der Waals surface area contributed by atoms with Crippen molar-refractivity contribution in [2.75, 3.05) is 0 Å². The molecule has 0 fully saturated rings. The maximum Gasteiger partial charge on any atom is 0.434 e. The molecule has 0 unspecified atom stereocenters. The molecule has 0 aliphatic rings. The van der Waals surface area contributed by atoms with Crippen molar-refractivity contribution < 1.29 is 22.7 Å². The van der Waals surface area contributed by atoms with E-state index in [0.717, 1.165) is 4.57 Å². The zero-order valence-electron chi connectivity index (χ0n) is 9.87. The topological polar surface area (TPSA) is 38.0 Å². The molecule has 1 heterocycles. The summed E-state index contributed by atoms with van der Waals surface area (Å²) in [5.74, 6) is -0.943. The average molecular weight is 274 g/mol. The summed E-state index contributed by atoms with van der Waals surface area (Å²) < 4.78 is 52.2. The molecule has 0 radical (unpaired) electrons. The van der Waals surface area contributed by atoms with Crippen LogP contribution >= 0.6 is 0 Å². The van der Waals surface area contributed by atoms with Gasteiger partial charge in [0, 0.05) is 6.20 Å². The zero-order valence-corrected chi connectivity index (χ0v) is 9.87. The summed E-state index contributed by atoms with van der Waals surface area (Å²) in [6, 6.07) is 4.08. The first-order valence-corrected chi connectivity index (χ1v) is 5.34. The molecule has 2 rings (SSSR count). The van der Waals surface area contributed by atoms with E-state index in [1.165, 1.54) is 12.1 Å². The minimum absolute atomic E-state index is 0.0878. The second kappa shape index (κ2) is 4.65. The second-order valence-electron chi connectivity index (χ2n) is 4.04. The third kappa shape index (κ3) is 2.60. The van der Waals surface area contributed by atoms with E-state index in [2.05, 4.69) is 4.98 Å². The highest BCUT2D eigenvalue weighted by Gasteiger charge is 2.35. The molecular weight excluding hydrogens is 264 g/mol. The number of benzene rings is 1. The Morgan fingerprint density at radius 3 is 2.53 bits per heavy atom. The standard InChI is InChI=1S/C12H10F4N2O/c1-7-2-3-8(9(13)4-7)11-17-10(12(14,15)16)5-18(11)6-19/h2-5,19H,6H2,1H3. The number of aliphatic hydroxyl groups excluding tert-OH is 1. The van der Waals surface area contributed by atoms with Gasteiger partial charge in [-0.1, -0.05) is 6.07 Å². The lowest BCUT2D eigenvalue weighted by Gasteiger charge is -2.05. The van der Waals surface area contributed by atoms with Crippen molar-refractivity contribution in [2.24, 2.45) is 0 Å². The van der Waals surface area contributed by atoms with Gasteiger partial charge in [0.1, 0.15) is 18.4 Å². The summed E-state index contributed by atoms with van der Waals surface area (Å²) in [6.45, 7) is 0.943. The van der Waals surface area contributed by atoms with Crippen molar-refractivity contribution in [3.05, 3.63) is 41.5 Å². The predicted molar refractivity (Wildman–Crippen MR) is 59.6 cm³/mol. The van der Waals surface area contributed by atoms with Gasteiger partial charge in [0.15, 0.2) is 5.69 Å². The molecule has 0 saturated heterocycles. The summed E-state index contributed by atoms with van der Waals surface area (Å²) >= 11 is 0. The van der Waals surface area contributed by atoms with E-state index >= 15 is 0 Å². The van der Waals surface area contributed by atoms with Crippen LogP contribution in [0.5, 0.6) is 0 Å². The van der Waals surface area contributed by atoms with E-state index in [0.29, 0.717) is 11.8 Å². The molecule has 19 heavy (non-hydrogen) atoms. The molecule has 3 nitrogen and oxygen atoms in total. The van der Waals surface area contributed by atoms with Crippen molar-refractivity contribution >= 4 is 0 Å². The van der Waals surface area contributed by atoms with Gasteiger partial charge in [-0.15, -0.1) is 0 Å². The molecule has 0 amide bonds. The molecule has 1 aromatic carbocycles. The van der Waals surface area contributed by atoms with Crippen LogP contribution in [0.2, 0.25) is 0 Å². The largest absolute Gasteiger partial charge is 0.434 e. The summed E-state index contributed by atoms with van der Waals surface area (Å²) in [7, 11) is 0. The third-order valence-electron chi connectivity index (χ3n) is 2.58. The lowest BCUT2D eigenvalue weighted by Crippen LogP contribution is -2.05. The van der Waals surface area contributed by atoms with Crippen LogP contribution in [-0.4, -0.2) is 14.7 Å². The summed E-state index contributed by atoms with van der Waals surface area (Å²) in [5.41, 5.74) is -0.619. The molecule has 1 aromatic heterocycles. The number of alkyl halides is 3. The van der Waals surface area contributed by atoms with Crippen LogP contribution in [0.1, 0.15) is 11.3 Å². The minimum Gasteiger partial charge on any atom is -0.376 e. The van der Waals surface area contributed by atoms with E-state index in [9.17, 15) is 17.6 Å². The highest BCUT2D eigenvalue weighted by molar-refractivity contribution is 5.57. The van der Waals surface area contributed by atoms with Crippen LogP contribution in [0, 0.1) is 12.7 Å². The molecule has 0 aliphatic heterocycles. The maximum absolute atomic E-state index is 13.7. The van der Waals surface area contributed by atoms with Gasteiger partial charge >= 0.3 is 6.18 Å². The van der Waals surface area contributed by atoms with Gasteiger partial charge in [0.25, 0.3) is 0 Å². The quantitative estimate of drug-likeness (QED) is 0.855. The number of halogens is 4. The first kappa shape index (κ1) is 13.5. The number of aryl methyl sites for hydroxylation is 1. The van der Waals surface area contributed by atoms with Crippen molar-refractivity contribution in [1.29, 1.82) is 0 Å². The van der Waals surface area contributed by atoms with Crippen molar-refractivity contribution in [1.82, 2.24) is 9.55 Å². The van der Waals surface area contributed by atoms with Crippen molar-refractivity contribution in [2.45, 2.75) is 19.8 Å². The van der Waals surface area contributed by atoms with Gasteiger partial charge in [-0.3, -0.25) is 0 Å². The Morgan fingerprint density at radius 2 is 2.00 bits per heavy atom. The lowest BCUT2D eigenvalue weighted by atomic mass is 10.1. The molecule has 0 saturated carbocycles. The SMILES string of the molecule is Cc1ccc(-c2nc(C(F)(F)F)cn2CO)c(F)c1. The molecule has 102 valence electrons. The maximum atomic E-state index is 13.7. The number of nitrogens with zero attached hydrogens (tertiary/aromatic N) is 2. The Morgan fingerprint density at radius 1 is 1.32 bits per heavy atom. The molecule has 0 bridgehead atoms. The monoisotopic (exact) mass is 274 g/mol. The van der Waals surface area contributed by atoms with Crippen LogP contribution in [0.4, 0.5) is 17.6 Å². The van der Waals surface area contributed by atoms with E-state index in [1.54, 1.807) is 13.0 Å². The second-order valence-corrected chi connectivity index (χ2v) is 4.04. The Labute approximate surface area is 106 Å². The summed E-state index contributed by atoms with van der Waals surface area (Å²) in [4.78, 5) is 3.35. The Bertz CT molecular complexity index is 604. The molecule has 2 aromatic rings. The van der Waals surface area contributed by atoms with Gasteiger partial charge in [0.05, 0.1) is 5.56 Å². The number of hydrogen-bond donors (Lipinski definition) is 1. The van der Waals surface area contributed by atoms with Crippen molar-refractivity contribution in [3.63, 3.8) is 0 Å². The van der Waals surface area contributed by atoms with Gasteiger partial charge in [-0.05, 0) is 24.6 Å². The number of aromatic nitrogens is 2. The third-order valence-corrected chi connectivity index (χ3v) is 2.58. The fourth-order valence-corrected chi connectivity index (χ4v) is 1.68. The predicted octanol–water partition coefficient (Wildman–Crippen LogP) is 2.97. The molecule has 7 heteroatoms. The molecule has 0 atom stereocenters. The van der Waals surface area contributed by atoms with E-state index in [1.807, 2.05) is 0 Å². The molecular formula is C12H10F4N2O. The lowest BCUT2D eigenvalue weighted by molar-refractivity contribution is -0.140. The summed E-state index contributed by atoms with van der Waals surface area (Å²) in [6.07, 6.45) is -4.00. The van der Waals surface area contributed by atoms with E-state index in [4.69, 9.17) is 5.11 Å².